The van der Waals surface area contributed by atoms with Crippen LogP contribution in [0.2, 0.25) is 0 Å². The van der Waals surface area contributed by atoms with E-state index in [-0.39, 0.29) is 22.9 Å². The average molecular weight is 442 g/mol. The molecular weight excluding hydrogens is 406 g/mol. The first-order valence-corrected chi connectivity index (χ1v) is 11.8. The van der Waals surface area contributed by atoms with Crippen molar-refractivity contribution in [2.75, 3.05) is 24.5 Å². The molecule has 168 valence electrons. The lowest BCUT2D eigenvalue weighted by Crippen LogP contribution is -2.55. The Labute approximate surface area is 192 Å². The summed E-state index contributed by atoms with van der Waals surface area (Å²) >= 11 is 5.38. The highest BCUT2D eigenvalue weighted by Crippen LogP contribution is 2.44. The van der Waals surface area contributed by atoms with Gasteiger partial charge in [-0.05, 0) is 100 Å². The fraction of sp³-hybridized carbons (Fsp3) is 0.560. The summed E-state index contributed by atoms with van der Waals surface area (Å²) in [6.07, 6.45) is 3.92. The van der Waals surface area contributed by atoms with E-state index in [1.807, 2.05) is 13.8 Å². The molecule has 1 aromatic rings. The van der Waals surface area contributed by atoms with Gasteiger partial charge in [0.05, 0.1) is 0 Å². The molecule has 0 bridgehead atoms. The number of thiocarbonyl (C=S) groups is 1. The minimum Gasteiger partial charge on any atom is -0.366 e. The molecule has 1 aromatic carbocycles. The molecule has 2 aliphatic rings. The van der Waals surface area contributed by atoms with E-state index >= 15 is 0 Å². The van der Waals surface area contributed by atoms with Crippen molar-refractivity contribution in [2.45, 2.75) is 72.8 Å². The van der Waals surface area contributed by atoms with Crippen LogP contribution in [0.4, 0.5) is 5.69 Å². The molecule has 0 saturated carbocycles. The Morgan fingerprint density at radius 1 is 1.10 bits per heavy atom. The second-order valence-corrected chi connectivity index (χ2v) is 9.64. The number of anilines is 1. The van der Waals surface area contributed by atoms with E-state index in [9.17, 15) is 9.59 Å². The van der Waals surface area contributed by atoms with Crippen molar-refractivity contribution >= 4 is 40.9 Å². The molecular formula is C25H35N3O2S. The maximum absolute atomic E-state index is 13.0. The minimum absolute atomic E-state index is 0.100. The van der Waals surface area contributed by atoms with Crippen LogP contribution >= 0.6 is 12.2 Å². The molecule has 1 fully saturated rings. The van der Waals surface area contributed by atoms with E-state index < -0.39 is 0 Å². The number of carbonyl (C=O) groups excluding carboxylic acids is 2. The van der Waals surface area contributed by atoms with Crippen molar-refractivity contribution < 1.29 is 9.59 Å². The Morgan fingerprint density at radius 3 is 2.19 bits per heavy atom. The predicted molar refractivity (Wildman–Crippen MR) is 131 cm³/mol. The molecule has 1 saturated heterocycles. The SMILES string of the molecule is CCCN1c2cc(C)c(C=C3C(=O)N(CC)C(=S)N(CC)C3=O)cc2C(C)CC1(C)C. The zero-order chi connectivity index (χ0) is 23.1. The van der Waals surface area contributed by atoms with Gasteiger partial charge in [0.15, 0.2) is 5.11 Å². The molecule has 1 unspecified atom stereocenters. The van der Waals surface area contributed by atoms with E-state index in [4.69, 9.17) is 12.2 Å². The smallest absolute Gasteiger partial charge is 0.265 e. The molecule has 0 N–H and O–H groups in total. The molecule has 5 nitrogen and oxygen atoms in total. The van der Waals surface area contributed by atoms with Crippen LogP contribution in [-0.4, -0.2) is 51.9 Å². The Bertz CT molecular complexity index is 922. The second-order valence-electron chi connectivity index (χ2n) is 9.28. The lowest BCUT2D eigenvalue weighted by atomic mass is 9.78. The number of aryl methyl sites for hydroxylation is 1. The van der Waals surface area contributed by atoms with Gasteiger partial charge in [0.2, 0.25) is 0 Å². The van der Waals surface area contributed by atoms with Crippen LogP contribution in [0.3, 0.4) is 0 Å². The third-order valence-electron chi connectivity index (χ3n) is 6.57. The number of carbonyl (C=O) groups is 2. The van der Waals surface area contributed by atoms with E-state index in [2.05, 4.69) is 51.7 Å². The number of amides is 2. The Balaban J connectivity index is 2.11. The van der Waals surface area contributed by atoms with Crippen molar-refractivity contribution in [3.05, 3.63) is 34.4 Å². The van der Waals surface area contributed by atoms with Crippen LogP contribution in [0.25, 0.3) is 6.08 Å². The van der Waals surface area contributed by atoms with Crippen molar-refractivity contribution in [3.63, 3.8) is 0 Å². The number of hydrogen-bond acceptors (Lipinski definition) is 4. The summed E-state index contributed by atoms with van der Waals surface area (Å²) in [5.41, 5.74) is 4.85. The van der Waals surface area contributed by atoms with Crippen LogP contribution in [-0.2, 0) is 9.59 Å². The average Bonchev–Trinajstić information content (AvgIpc) is 2.69. The number of fused-ring (bicyclic) bond motifs is 1. The second kappa shape index (κ2) is 8.73. The van der Waals surface area contributed by atoms with Gasteiger partial charge < -0.3 is 4.90 Å². The maximum atomic E-state index is 13.0. The van der Waals surface area contributed by atoms with Gasteiger partial charge in [-0.15, -0.1) is 0 Å². The predicted octanol–water partition coefficient (Wildman–Crippen LogP) is 4.88. The highest BCUT2D eigenvalue weighted by atomic mass is 32.1. The van der Waals surface area contributed by atoms with Crippen LogP contribution in [0.15, 0.2) is 17.7 Å². The van der Waals surface area contributed by atoms with Gasteiger partial charge in [-0.1, -0.05) is 13.8 Å². The van der Waals surface area contributed by atoms with Gasteiger partial charge in [-0.2, -0.15) is 0 Å². The van der Waals surface area contributed by atoms with E-state index in [0.717, 1.165) is 30.5 Å². The molecule has 0 aromatic heterocycles. The summed E-state index contributed by atoms with van der Waals surface area (Å²) in [5, 5.41) is 0.297. The lowest BCUT2D eigenvalue weighted by Gasteiger charge is -2.48. The van der Waals surface area contributed by atoms with Gasteiger partial charge in [-0.25, -0.2) is 0 Å². The quantitative estimate of drug-likeness (QED) is 0.371. The summed E-state index contributed by atoms with van der Waals surface area (Å²) in [6, 6.07) is 4.41. The number of nitrogens with zero attached hydrogens (tertiary/aromatic N) is 3. The first kappa shape index (κ1) is 23.5. The largest absolute Gasteiger partial charge is 0.366 e. The van der Waals surface area contributed by atoms with Crippen LogP contribution in [0.1, 0.15) is 77.0 Å². The van der Waals surface area contributed by atoms with Crippen molar-refractivity contribution in [1.29, 1.82) is 0 Å². The highest BCUT2D eigenvalue weighted by molar-refractivity contribution is 7.80. The van der Waals surface area contributed by atoms with Crippen molar-refractivity contribution in [3.8, 4) is 0 Å². The molecule has 3 rings (SSSR count). The number of rotatable bonds is 5. The Hall–Kier alpha value is -2.21. The van der Waals surface area contributed by atoms with Gasteiger partial charge in [-0.3, -0.25) is 19.4 Å². The third-order valence-corrected chi connectivity index (χ3v) is 7.01. The number of likely N-dealkylation sites (N-methyl/N-ethyl adjacent to an activating group) is 2. The van der Waals surface area contributed by atoms with Gasteiger partial charge >= 0.3 is 0 Å². The zero-order valence-corrected chi connectivity index (χ0v) is 20.7. The van der Waals surface area contributed by atoms with Gasteiger partial charge in [0.1, 0.15) is 5.57 Å². The highest BCUT2D eigenvalue weighted by Gasteiger charge is 2.39. The molecule has 2 amide bonds. The third kappa shape index (κ3) is 4.02. The molecule has 2 heterocycles. The Kier molecular flexibility index (Phi) is 6.61. The molecule has 1 atom stereocenters. The summed E-state index contributed by atoms with van der Waals surface area (Å²) in [5.74, 6) is -0.206. The maximum Gasteiger partial charge on any atom is 0.265 e. The summed E-state index contributed by atoms with van der Waals surface area (Å²) < 4.78 is 0. The molecule has 6 heteroatoms. The minimum atomic E-state index is -0.305. The summed E-state index contributed by atoms with van der Waals surface area (Å²) in [4.78, 5) is 31.6. The van der Waals surface area contributed by atoms with Crippen LogP contribution in [0.5, 0.6) is 0 Å². The first-order chi connectivity index (χ1) is 14.6. The topological polar surface area (TPSA) is 43.9 Å². The van der Waals surface area contributed by atoms with Crippen molar-refractivity contribution in [1.82, 2.24) is 9.80 Å². The van der Waals surface area contributed by atoms with E-state index in [0.29, 0.717) is 24.1 Å². The first-order valence-electron chi connectivity index (χ1n) is 11.4. The van der Waals surface area contributed by atoms with Gasteiger partial charge in [0, 0.05) is 30.9 Å². The standard InChI is InChI=1S/C25H35N3O2S/c1-8-11-28-21-12-16(4)18(13-19(21)17(5)15-25(28,6)7)14-20-22(29)26(9-2)24(31)27(10-3)23(20)30/h12-14,17H,8-11,15H2,1-7H3. The van der Waals surface area contributed by atoms with E-state index in [1.165, 1.54) is 21.1 Å². The Morgan fingerprint density at radius 2 is 1.68 bits per heavy atom. The summed E-state index contributed by atoms with van der Waals surface area (Å²) in [7, 11) is 0. The number of hydrogen-bond donors (Lipinski definition) is 0. The normalized spacial score (nSPS) is 21.0. The molecule has 0 aliphatic carbocycles. The molecule has 0 radical (unpaired) electrons. The monoisotopic (exact) mass is 441 g/mol. The fourth-order valence-electron chi connectivity index (χ4n) is 4.99. The van der Waals surface area contributed by atoms with Gasteiger partial charge in [0.25, 0.3) is 11.8 Å². The lowest BCUT2D eigenvalue weighted by molar-refractivity contribution is -0.133. The van der Waals surface area contributed by atoms with Crippen molar-refractivity contribution in [2.24, 2.45) is 0 Å². The molecule has 31 heavy (non-hydrogen) atoms. The van der Waals surface area contributed by atoms with Crippen LogP contribution < -0.4 is 4.90 Å². The summed E-state index contributed by atoms with van der Waals surface area (Å²) in [6.45, 7) is 16.8. The fourth-order valence-corrected chi connectivity index (χ4v) is 5.42. The number of benzene rings is 1. The van der Waals surface area contributed by atoms with Crippen LogP contribution in [0, 0.1) is 6.92 Å². The molecule has 2 aliphatic heterocycles. The zero-order valence-electron chi connectivity index (χ0n) is 19.9. The molecule has 0 spiro atoms. The van der Waals surface area contributed by atoms with E-state index in [1.54, 1.807) is 6.08 Å².